The molecule has 0 aliphatic carbocycles. The van der Waals surface area contributed by atoms with E-state index in [1.54, 1.807) is 23.5 Å². The fourth-order valence-corrected chi connectivity index (χ4v) is 10.2. The first kappa shape index (κ1) is 28.2. The SMILES string of the molecule is Cc1cccc(C)c1CC1CCS/C1=N\c1nc2ccc(C3=C=CI(c4ccc(OC(F)(F)F)cc4)C=N3)cc2s1. The molecule has 0 saturated carbocycles. The summed E-state index contributed by atoms with van der Waals surface area (Å²) in [5, 5.41) is 1.94. The number of fused-ring (bicyclic) bond motifs is 1. The van der Waals surface area contributed by atoms with E-state index in [4.69, 9.17) is 9.98 Å². The molecule has 2 aliphatic heterocycles. The molecule has 6 rings (SSSR count). The van der Waals surface area contributed by atoms with Gasteiger partial charge in [0, 0.05) is 0 Å². The molecule has 0 spiro atoms. The van der Waals surface area contributed by atoms with E-state index in [0.29, 0.717) is 5.92 Å². The van der Waals surface area contributed by atoms with Gasteiger partial charge >= 0.3 is 204 Å². The Morgan fingerprint density at radius 3 is 2.56 bits per heavy atom. The Bertz CT molecular complexity index is 1720. The summed E-state index contributed by atoms with van der Waals surface area (Å²) in [5.41, 5.74) is 10.0. The van der Waals surface area contributed by atoms with Crippen LogP contribution in [0, 0.1) is 23.3 Å². The van der Waals surface area contributed by atoms with Crippen LogP contribution in [0.3, 0.4) is 0 Å². The molecule has 2 aliphatic rings. The average molecular weight is 704 g/mol. The van der Waals surface area contributed by atoms with E-state index in [0.717, 1.165) is 48.8 Å². The van der Waals surface area contributed by atoms with Crippen molar-refractivity contribution in [3.05, 3.63) is 96.3 Å². The molecule has 3 heterocycles. The maximum atomic E-state index is 12.4. The number of aryl methyl sites for hydroxylation is 2. The number of hydrogen-bond acceptors (Lipinski definition) is 6. The molecule has 1 atom stereocenters. The average Bonchev–Trinajstić information content (AvgIpc) is 3.56. The van der Waals surface area contributed by atoms with Crippen molar-refractivity contribution in [2.45, 2.75) is 33.1 Å². The van der Waals surface area contributed by atoms with Crippen LogP contribution >= 0.6 is 42.9 Å². The number of thioether (sulfide) groups is 1. The number of aromatic nitrogens is 1. The first-order valence-electron chi connectivity index (χ1n) is 12.9. The van der Waals surface area contributed by atoms with Gasteiger partial charge in [0.2, 0.25) is 0 Å². The van der Waals surface area contributed by atoms with Crippen molar-refractivity contribution in [2.24, 2.45) is 15.9 Å². The Kier molecular flexibility index (Phi) is 8.09. The van der Waals surface area contributed by atoms with Crippen molar-refractivity contribution >= 4 is 73.2 Å². The van der Waals surface area contributed by atoms with Crippen LogP contribution in [0.5, 0.6) is 5.75 Å². The van der Waals surface area contributed by atoms with Crippen molar-refractivity contribution in [2.75, 3.05) is 5.75 Å². The van der Waals surface area contributed by atoms with Gasteiger partial charge in [0.25, 0.3) is 0 Å². The fraction of sp³-hybridized carbons (Fsp3) is 0.226. The quantitative estimate of drug-likeness (QED) is 0.149. The summed E-state index contributed by atoms with van der Waals surface area (Å²) in [4.78, 5) is 14.5. The topological polar surface area (TPSA) is 46.8 Å². The van der Waals surface area contributed by atoms with Crippen molar-refractivity contribution < 1.29 is 17.9 Å². The first-order valence-corrected chi connectivity index (χ1v) is 18.3. The second-order valence-electron chi connectivity index (χ2n) is 9.71. The van der Waals surface area contributed by atoms with Crippen LogP contribution in [0.1, 0.15) is 28.7 Å². The van der Waals surface area contributed by atoms with E-state index in [1.807, 2.05) is 32.2 Å². The zero-order valence-electron chi connectivity index (χ0n) is 22.2. The van der Waals surface area contributed by atoms with E-state index in [9.17, 15) is 13.2 Å². The Hall–Kier alpha value is -2.92. The van der Waals surface area contributed by atoms with Crippen LogP contribution < -0.4 is 4.74 Å². The summed E-state index contributed by atoms with van der Waals surface area (Å²) < 4.78 is 47.2. The minimum atomic E-state index is -4.70. The Labute approximate surface area is 251 Å². The summed E-state index contributed by atoms with van der Waals surface area (Å²) in [5.74, 6) is 1.27. The summed E-state index contributed by atoms with van der Waals surface area (Å²) in [6, 6.07) is 18.6. The molecule has 0 bridgehead atoms. The molecule has 10 heteroatoms. The number of thiazole rings is 1. The van der Waals surface area contributed by atoms with Crippen LogP contribution in [0.15, 0.2) is 80.5 Å². The molecule has 1 unspecified atom stereocenters. The molecule has 4 nitrogen and oxygen atoms in total. The van der Waals surface area contributed by atoms with Crippen LogP contribution in [0.4, 0.5) is 18.3 Å². The summed E-state index contributed by atoms with van der Waals surface area (Å²) in [7, 11) is 0. The van der Waals surface area contributed by atoms with Crippen LogP contribution in [-0.4, -0.2) is 26.4 Å². The van der Waals surface area contributed by atoms with Gasteiger partial charge in [-0.15, -0.1) is 0 Å². The second kappa shape index (κ2) is 11.8. The van der Waals surface area contributed by atoms with Gasteiger partial charge in [-0.3, -0.25) is 0 Å². The predicted molar refractivity (Wildman–Crippen MR) is 173 cm³/mol. The molecule has 0 radical (unpaired) electrons. The van der Waals surface area contributed by atoms with Crippen molar-refractivity contribution in [3.63, 3.8) is 0 Å². The number of halogens is 4. The van der Waals surface area contributed by atoms with Crippen LogP contribution in [0.25, 0.3) is 15.9 Å². The van der Waals surface area contributed by atoms with E-state index in [1.165, 1.54) is 33.9 Å². The van der Waals surface area contributed by atoms with Gasteiger partial charge in [0.05, 0.1) is 0 Å². The molecule has 0 N–H and O–H groups in total. The third kappa shape index (κ3) is 6.61. The number of aliphatic imine (C=N–C) groups is 2. The van der Waals surface area contributed by atoms with E-state index in [-0.39, 0.29) is 5.75 Å². The Morgan fingerprint density at radius 1 is 1.07 bits per heavy atom. The zero-order valence-corrected chi connectivity index (χ0v) is 26.0. The zero-order chi connectivity index (χ0) is 28.6. The molecule has 0 amide bonds. The van der Waals surface area contributed by atoms with Crippen molar-refractivity contribution in [1.82, 2.24) is 4.98 Å². The van der Waals surface area contributed by atoms with Crippen LogP contribution in [-0.2, 0) is 6.42 Å². The van der Waals surface area contributed by atoms with Crippen molar-refractivity contribution in [1.29, 1.82) is 0 Å². The molecular weight excluding hydrogens is 678 g/mol. The monoisotopic (exact) mass is 703 g/mol. The second-order valence-corrected chi connectivity index (χ2v) is 16.2. The number of benzene rings is 3. The van der Waals surface area contributed by atoms with Crippen molar-refractivity contribution in [3.8, 4) is 5.75 Å². The normalized spacial score (nSPS) is 18.9. The van der Waals surface area contributed by atoms with E-state index in [2.05, 4.69) is 53.6 Å². The van der Waals surface area contributed by atoms with Gasteiger partial charge < -0.3 is 0 Å². The molecule has 1 fully saturated rings. The standard InChI is InChI=1S/C31H25F3IN3OS2/c1-19-4-3-5-20(2)25(19)16-22-13-15-40-29(22)38-30-37-27-11-6-21(17-28(27)41-30)26-12-14-35(18-36-26)23-7-9-24(10-8-23)39-31(32,33)34/h3-11,14,17-18,22H,13,15-16H2,1-2H3/b38-29-. The predicted octanol–water partition coefficient (Wildman–Crippen LogP) is 9.71. The number of ether oxygens (including phenoxy) is 1. The fourth-order valence-electron chi connectivity index (χ4n) is 4.82. The molecule has 41 heavy (non-hydrogen) atoms. The molecule has 1 saturated heterocycles. The molecule has 1 aromatic heterocycles. The first-order chi connectivity index (χ1) is 19.7. The third-order valence-electron chi connectivity index (χ3n) is 6.91. The molecule has 3 aromatic carbocycles. The van der Waals surface area contributed by atoms with E-state index >= 15 is 0 Å². The maximum absolute atomic E-state index is 12.4. The number of hydrogen-bond donors (Lipinski definition) is 0. The molecule has 4 aromatic rings. The van der Waals surface area contributed by atoms with Gasteiger partial charge in [-0.1, -0.05) is 18.2 Å². The Morgan fingerprint density at radius 2 is 1.85 bits per heavy atom. The summed E-state index contributed by atoms with van der Waals surface area (Å²) in [6.45, 7) is 4.37. The number of nitrogens with zero attached hydrogens (tertiary/aromatic N) is 3. The van der Waals surface area contributed by atoms with Gasteiger partial charge in [-0.05, 0) is 30.5 Å². The van der Waals surface area contributed by atoms with Gasteiger partial charge in [-0.2, -0.15) is 0 Å². The Balaban J connectivity index is 1.19. The third-order valence-corrected chi connectivity index (χ3v) is 13.0. The number of rotatable bonds is 6. The minimum absolute atomic E-state index is 0.225. The van der Waals surface area contributed by atoms with Gasteiger partial charge in [0.15, 0.2) is 0 Å². The molecular formula is C31H25F3IN3OS2. The van der Waals surface area contributed by atoms with Gasteiger partial charge in [-0.25, -0.2) is 0 Å². The van der Waals surface area contributed by atoms with E-state index < -0.39 is 26.2 Å². The summed E-state index contributed by atoms with van der Waals surface area (Å²) in [6.07, 6.45) is -2.56. The number of alkyl halides is 3. The molecule has 210 valence electrons. The summed E-state index contributed by atoms with van der Waals surface area (Å²) >= 11 is 1.49. The van der Waals surface area contributed by atoms with Crippen LogP contribution in [0.2, 0.25) is 0 Å². The van der Waals surface area contributed by atoms with Gasteiger partial charge in [0.1, 0.15) is 0 Å².